The Morgan fingerprint density at radius 2 is 2.03 bits per heavy atom. The lowest BCUT2D eigenvalue weighted by atomic mass is 9.88. The number of carbonyl (C=O) groups excluding carboxylic acids is 1. The highest BCUT2D eigenvalue weighted by atomic mass is 35.5. The molecule has 1 N–H and O–H groups in total. The van der Waals surface area contributed by atoms with Crippen molar-refractivity contribution in [1.29, 1.82) is 0 Å². The van der Waals surface area contributed by atoms with Crippen LogP contribution in [-0.4, -0.2) is 39.8 Å². The van der Waals surface area contributed by atoms with Crippen LogP contribution in [0.25, 0.3) is 11.3 Å². The molecule has 150 valence electrons. The highest BCUT2D eigenvalue weighted by Gasteiger charge is 2.25. The highest BCUT2D eigenvalue weighted by molar-refractivity contribution is 6.31. The molecule has 0 bridgehead atoms. The molecule has 2 aromatic heterocycles. The van der Waals surface area contributed by atoms with Crippen LogP contribution in [0.3, 0.4) is 0 Å². The minimum Gasteiger partial charge on any atom is -0.465 e. The number of hydrogen-bond donors (Lipinski definition) is 1. The normalized spacial score (nSPS) is 11.2. The van der Waals surface area contributed by atoms with E-state index in [1.54, 1.807) is 18.3 Å². The number of benzene rings is 1. The summed E-state index contributed by atoms with van der Waals surface area (Å²) in [6.07, 6.45) is 3.07. The average molecular weight is 416 g/mol. The van der Waals surface area contributed by atoms with Gasteiger partial charge in [-0.15, -0.1) is 10.2 Å². The number of carbonyl (C=O) groups is 1. The predicted octanol–water partition coefficient (Wildman–Crippen LogP) is 3.90. The molecule has 9 heteroatoms. The van der Waals surface area contributed by atoms with Gasteiger partial charge >= 0.3 is 5.97 Å². The molecule has 0 aliphatic heterocycles. The number of nitrogens with one attached hydrogen (secondary N) is 1. The average Bonchev–Trinajstić information content (AvgIpc) is 2.73. The molecule has 7 nitrogen and oxygen atoms in total. The minimum absolute atomic E-state index is 0.111. The van der Waals surface area contributed by atoms with Crippen LogP contribution in [-0.2, 0) is 10.2 Å². The topological polar surface area (TPSA) is 89.9 Å². The number of pyridine rings is 1. The van der Waals surface area contributed by atoms with Crippen LogP contribution in [0.1, 0.15) is 29.9 Å². The molecule has 0 saturated carbocycles. The SMILES string of the molecule is COC(=O)c1ccc(F)c(-c2cnc(NCC(C)(C)c3ncccc3Cl)nn2)c1. The summed E-state index contributed by atoms with van der Waals surface area (Å²) < 4.78 is 18.8. The summed E-state index contributed by atoms with van der Waals surface area (Å²) in [5, 5.41) is 11.7. The van der Waals surface area contributed by atoms with Crippen molar-refractivity contribution in [3.05, 3.63) is 64.8 Å². The number of hydrogen-bond acceptors (Lipinski definition) is 7. The van der Waals surface area contributed by atoms with Crippen molar-refractivity contribution in [3.8, 4) is 11.3 Å². The van der Waals surface area contributed by atoms with Crippen molar-refractivity contribution in [2.45, 2.75) is 19.3 Å². The van der Waals surface area contributed by atoms with E-state index in [4.69, 9.17) is 11.6 Å². The van der Waals surface area contributed by atoms with E-state index < -0.39 is 11.8 Å². The lowest BCUT2D eigenvalue weighted by Gasteiger charge is -2.25. The second-order valence-electron chi connectivity index (χ2n) is 6.92. The second kappa shape index (κ2) is 8.48. The molecule has 0 atom stereocenters. The number of ether oxygens (including phenoxy) is 1. The van der Waals surface area contributed by atoms with Gasteiger partial charge in [0.25, 0.3) is 0 Å². The first-order valence-corrected chi connectivity index (χ1v) is 9.12. The number of methoxy groups -OCH3 is 1. The molecule has 0 radical (unpaired) electrons. The van der Waals surface area contributed by atoms with Crippen LogP contribution in [0, 0.1) is 5.82 Å². The van der Waals surface area contributed by atoms with Crippen molar-refractivity contribution in [1.82, 2.24) is 20.2 Å². The van der Waals surface area contributed by atoms with E-state index in [-0.39, 0.29) is 28.2 Å². The van der Waals surface area contributed by atoms with Gasteiger partial charge in [0.05, 0.1) is 29.6 Å². The highest BCUT2D eigenvalue weighted by Crippen LogP contribution is 2.28. The molecule has 0 aliphatic rings. The molecular formula is C20H19ClFN5O2. The summed E-state index contributed by atoms with van der Waals surface area (Å²) in [6.45, 7) is 4.43. The van der Waals surface area contributed by atoms with Gasteiger partial charge in [0.2, 0.25) is 5.95 Å². The van der Waals surface area contributed by atoms with E-state index >= 15 is 0 Å². The Morgan fingerprint density at radius 1 is 1.24 bits per heavy atom. The van der Waals surface area contributed by atoms with E-state index in [0.29, 0.717) is 11.6 Å². The Hall–Kier alpha value is -3.13. The van der Waals surface area contributed by atoms with Crippen LogP contribution < -0.4 is 5.32 Å². The summed E-state index contributed by atoms with van der Waals surface area (Å²) in [4.78, 5) is 20.2. The smallest absolute Gasteiger partial charge is 0.337 e. The van der Waals surface area contributed by atoms with E-state index in [2.05, 4.69) is 30.2 Å². The molecule has 3 rings (SSSR count). The Morgan fingerprint density at radius 3 is 2.69 bits per heavy atom. The Bertz CT molecular complexity index is 1030. The van der Waals surface area contributed by atoms with Crippen LogP contribution in [0.4, 0.5) is 10.3 Å². The minimum atomic E-state index is -0.569. The molecule has 0 saturated heterocycles. The first kappa shape index (κ1) is 20.6. The molecule has 3 aromatic rings. The number of nitrogens with zero attached hydrogens (tertiary/aromatic N) is 4. The lowest BCUT2D eigenvalue weighted by molar-refractivity contribution is 0.0600. The van der Waals surface area contributed by atoms with Crippen molar-refractivity contribution < 1.29 is 13.9 Å². The van der Waals surface area contributed by atoms with Crippen LogP contribution >= 0.6 is 11.6 Å². The quantitative estimate of drug-likeness (QED) is 0.610. The molecular weight excluding hydrogens is 397 g/mol. The summed E-state index contributed by atoms with van der Waals surface area (Å²) in [7, 11) is 1.26. The van der Waals surface area contributed by atoms with E-state index in [0.717, 1.165) is 5.69 Å². The zero-order valence-electron chi connectivity index (χ0n) is 16.1. The maximum Gasteiger partial charge on any atom is 0.337 e. The van der Waals surface area contributed by atoms with Gasteiger partial charge in [-0.05, 0) is 30.3 Å². The van der Waals surface area contributed by atoms with Gasteiger partial charge in [-0.25, -0.2) is 14.2 Å². The van der Waals surface area contributed by atoms with Gasteiger partial charge in [-0.2, -0.15) is 0 Å². The predicted molar refractivity (Wildman–Crippen MR) is 107 cm³/mol. The fourth-order valence-corrected chi connectivity index (χ4v) is 3.09. The van der Waals surface area contributed by atoms with Crippen LogP contribution in [0.5, 0.6) is 0 Å². The zero-order chi connectivity index (χ0) is 21.0. The maximum absolute atomic E-state index is 14.2. The molecule has 1 aromatic carbocycles. The first-order chi connectivity index (χ1) is 13.8. The first-order valence-electron chi connectivity index (χ1n) is 8.74. The number of anilines is 1. The third kappa shape index (κ3) is 4.65. The van der Waals surface area contributed by atoms with E-state index in [1.807, 2.05) is 13.8 Å². The maximum atomic E-state index is 14.2. The molecule has 29 heavy (non-hydrogen) atoms. The lowest BCUT2D eigenvalue weighted by Crippen LogP contribution is -2.29. The molecule has 0 amide bonds. The van der Waals surface area contributed by atoms with Crippen LogP contribution in [0.2, 0.25) is 5.02 Å². The molecule has 0 fully saturated rings. The Labute approximate surface area is 172 Å². The molecule has 0 aliphatic carbocycles. The van der Waals surface area contributed by atoms with Crippen molar-refractivity contribution >= 4 is 23.5 Å². The number of rotatable bonds is 6. The van der Waals surface area contributed by atoms with Crippen molar-refractivity contribution in [2.75, 3.05) is 19.0 Å². The van der Waals surface area contributed by atoms with Gasteiger partial charge in [-0.3, -0.25) is 4.98 Å². The van der Waals surface area contributed by atoms with E-state index in [9.17, 15) is 9.18 Å². The van der Waals surface area contributed by atoms with Gasteiger partial charge in [-0.1, -0.05) is 25.4 Å². The fourth-order valence-electron chi connectivity index (χ4n) is 2.71. The number of esters is 1. The summed E-state index contributed by atoms with van der Waals surface area (Å²) >= 11 is 6.24. The third-order valence-electron chi connectivity index (χ3n) is 4.31. The second-order valence-corrected chi connectivity index (χ2v) is 7.33. The van der Waals surface area contributed by atoms with Crippen molar-refractivity contribution in [3.63, 3.8) is 0 Å². The Kier molecular flexibility index (Phi) is 6.03. The van der Waals surface area contributed by atoms with Gasteiger partial charge in [0.15, 0.2) is 0 Å². The standard InChI is InChI=1S/C20H19ClFN5O2/c1-20(2,17-14(21)5-4-8-23-17)11-25-19-24-10-16(26-27-19)13-9-12(18(28)29-3)6-7-15(13)22/h4-10H,11H2,1-3H3,(H,24,25,27). The summed E-state index contributed by atoms with van der Waals surface area (Å²) in [5.41, 5.74) is 0.884. The third-order valence-corrected chi connectivity index (χ3v) is 4.62. The van der Waals surface area contributed by atoms with E-state index in [1.165, 1.54) is 31.5 Å². The molecule has 0 spiro atoms. The van der Waals surface area contributed by atoms with Crippen LogP contribution in [0.15, 0.2) is 42.7 Å². The Balaban J connectivity index is 1.76. The van der Waals surface area contributed by atoms with Crippen molar-refractivity contribution in [2.24, 2.45) is 0 Å². The monoisotopic (exact) mass is 415 g/mol. The summed E-state index contributed by atoms with van der Waals surface area (Å²) in [6, 6.07) is 7.43. The summed E-state index contributed by atoms with van der Waals surface area (Å²) in [5.74, 6) is -0.834. The molecule has 0 unspecified atom stereocenters. The molecule has 2 heterocycles. The van der Waals surface area contributed by atoms with Gasteiger partial charge < -0.3 is 10.1 Å². The number of aromatic nitrogens is 4. The fraction of sp³-hybridized carbons (Fsp3) is 0.250. The largest absolute Gasteiger partial charge is 0.465 e. The van der Waals surface area contributed by atoms with Gasteiger partial charge in [0, 0.05) is 23.7 Å². The van der Waals surface area contributed by atoms with Gasteiger partial charge in [0.1, 0.15) is 11.5 Å². The zero-order valence-corrected chi connectivity index (χ0v) is 16.9. The number of halogens is 2.